The second-order valence-electron chi connectivity index (χ2n) is 2.49. The lowest BCUT2D eigenvalue weighted by Crippen LogP contribution is -1.98. The van der Waals surface area contributed by atoms with Gasteiger partial charge in [-0.1, -0.05) is 0 Å². The van der Waals surface area contributed by atoms with Gasteiger partial charge in [-0.25, -0.2) is 0 Å². The average Bonchev–Trinajstić information content (AvgIpc) is 2.46. The van der Waals surface area contributed by atoms with Crippen LogP contribution in [0.15, 0.2) is 29.2 Å². The van der Waals surface area contributed by atoms with Gasteiger partial charge in [0.2, 0.25) is 0 Å². The summed E-state index contributed by atoms with van der Waals surface area (Å²) in [6.07, 6.45) is 2.29. The highest BCUT2D eigenvalue weighted by Crippen LogP contribution is 2.00. The van der Waals surface area contributed by atoms with Crippen LogP contribution in [-0.4, -0.2) is 15.9 Å². The molecule has 12 heavy (non-hydrogen) atoms. The Morgan fingerprint density at radius 1 is 1.42 bits per heavy atom. The number of hydrogen-bond donors (Lipinski definition) is 1. The van der Waals surface area contributed by atoms with Crippen LogP contribution >= 0.6 is 0 Å². The van der Waals surface area contributed by atoms with Crippen molar-refractivity contribution in [2.24, 2.45) is 0 Å². The zero-order valence-corrected chi connectivity index (χ0v) is 6.15. The molecule has 0 atom stereocenters. The fraction of sp³-hybridized carbons (Fsp3) is 0. The molecule has 60 valence electrons. The predicted molar refractivity (Wildman–Crippen MR) is 43.4 cm³/mol. The van der Waals surface area contributed by atoms with Crippen molar-refractivity contribution in [3.05, 3.63) is 40.3 Å². The lowest BCUT2D eigenvalue weighted by molar-refractivity contribution is 0.111. The van der Waals surface area contributed by atoms with E-state index in [1.165, 1.54) is 12.1 Å². The Morgan fingerprint density at radius 2 is 2.25 bits per heavy atom. The number of nitrogens with one attached hydrogen (secondary N) is 1. The first-order valence-corrected chi connectivity index (χ1v) is 3.46. The lowest BCUT2D eigenvalue weighted by Gasteiger charge is -1.88. The van der Waals surface area contributed by atoms with Crippen LogP contribution in [0.1, 0.15) is 10.5 Å². The third-order valence-corrected chi connectivity index (χ3v) is 1.64. The highest BCUT2D eigenvalue weighted by molar-refractivity contribution is 5.74. The molecule has 1 N–H and O–H groups in total. The lowest BCUT2D eigenvalue weighted by atomic mass is 10.4. The van der Waals surface area contributed by atoms with Gasteiger partial charge in [-0.15, -0.1) is 0 Å². The zero-order valence-electron chi connectivity index (χ0n) is 6.15. The third kappa shape index (κ3) is 0.934. The summed E-state index contributed by atoms with van der Waals surface area (Å²) in [5, 5.41) is 2.78. The molecule has 2 aromatic rings. The zero-order chi connectivity index (χ0) is 8.55. The number of nitrogens with zero attached hydrogens (tertiary/aromatic N) is 1. The van der Waals surface area contributed by atoms with Gasteiger partial charge in [-0.05, 0) is 6.07 Å². The predicted octanol–water partition coefficient (Wildman–Crippen LogP) is 0.440. The second kappa shape index (κ2) is 2.34. The molecular weight excluding hydrogens is 156 g/mol. The molecule has 0 aliphatic carbocycles. The van der Waals surface area contributed by atoms with Crippen LogP contribution in [0.3, 0.4) is 0 Å². The van der Waals surface area contributed by atoms with E-state index >= 15 is 0 Å². The molecule has 0 amide bonds. The normalized spacial score (nSPS) is 10.3. The van der Waals surface area contributed by atoms with Gasteiger partial charge < -0.3 is 0 Å². The summed E-state index contributed by atoms with van der Waals surface area (Å²) in [6, 6.07) is 4.51. The topological polar surface area (TPSA) is 54.3 Å². The number of H-pyrrole nitrogens is 1. The van der Waals surface area contributed by atoms with Crippen molar-refractivity contribution in [1.82, 2.24) is 9.61 Å². The van der Waals surface area contributed by atoms with E-state index in [1.54, 1.807) is 16.8 Å². The van der Waals surface area contributed by atoms with Gasteiger partial charge in [0.25, 0.3) is 0 Å². The molecule has 2 aromatic heterocycles. The van der Waals surface area contributed by atoms with Crippen molar-refractivity contribution in [3.8, 4) is 0 Å². The summed E-state index contributed by atoms with van der Waals surface area (Å²) in [6.45, 7) is 0. The SMILES string of the molecule is O=Cc1cc2cc(=O)ccn2[nH]1. The highest BCUT2D eigenvalue weighted by atomic mass is 16.1. The molecule has 2 rings (SSSR count). The van der Waals surface area contributed by atoms with E-state index in [9.17, 15) is 9.59 Å². The number of aromatic nitrogens is 2. The Balaban J connectivity index is 2.83. The van der Waals surface area contributed by atoms with Crippen LogP contribution in [0.2, 0.25) is 0 Å². The Kier molecular flexibility index (Phi) is 1.33. The molecule has 0 saturated carbocycles. The highest BCUT2D eigenvalue weighted by Gasteiger charge is 1.96. The average molecular weight is 162 g/mol. The van der Waals surface area contributed by atoms with Crippen LogP contribution < -0.4 is 5.43 Å². The van der Waals surface area contributed by atoms with Crippen molar-refractivity contribution in [3.63, 3.8) is 0 Å². The summed E-state index contributed by atoms with van der Waals surface area (Å²) < 4.78 is 1.62. The van der Waals surface area contributed by atoms with E-state index in [0.717, 1.165) is 0 Å². The Hall–Kier alpha value is -1.84. The minimum absolute atomic E-state index is 0.0635. The van der Waals surface area contributed by atoms with E-state index < -0.39 is 0 Å². The summed E-state index contributed by atoms with van der Waals surface area (Å²) in [4.78, 5) is 21.2. The molecule has 0 aromatic carbocycles. The summed E-state index contributed by atoms with van der Waals surface area (Å²) >= 11 is 0. The second-order valence-corrected chi connectivity index (χ2v) is 2.49. The van der Waals surface area contributed by atoms with Crippen LogP contribution in [0, 0.1) is 0 Å². The molecule has 0 aliphatic heterocycles. The monoisotopic (exact) mass is 162 g/mol. The number of aromatic amines is 1. The number of carbonyl (C=O) groups is 1. The van der Waals surface area contributed by atoms with Crippen molar-refractivity contribution in [1.29, 1.82) is 0 Å². The summed E-state index contributed by atoms with van der Waals surface area (Å²) in [5.74, 6) is 0. The van der Waals surface area contributed by atoms with Gasteiger partial charge in [0.15, 0.2) is 11.7 Å². The molecule has 2 heterocycles. The maximum atomic E-state index is 10.9. The Labute approximate surface area is 67.4 Å². The first kappa shape index (κ1) is 6.84. The maximum absolute atomic E-state index is 10.9. The summed E-state index contributed by atoms with van der Waals surface area (Å²) in [7, 11) is 0. The molecular formula is C8H6N2O2. The molecule has 4 heteroatoms. The largest absolute Gasteiger partial charge is 0.296 e. The van der Waals surface area contributed by atoms with Crippen molar-refractivity contribution < 1.29 is 4.79 Å². The molecule has 0 unspecified atom stereocenters. The Bertz CT molecular complexity index is 481. The number of aldehydes is 1. The third-order valence-electron chi connectivity index (χ3n) is 1.64. The van der Waals surface area contributed by atoms with Gasteiger partial charge in [0, 0.05) is 18.3 Å². The first-order valence-electron chi connectivity index (χ1n) is 3.46. The Morgan fingerprint density at radius 3 is 3.00 bits per heavy atom. The van der Waals surface area contributed by atoms with Gasteiger partial charge in [-0.2, -0.15) is 0 Å². The molecule has 0 fully saturated rings. The molecule has 0 aliphatic rings. The fourth-order valence-corrected chi connectivity index (χ4v) is 1.10. The van der Waals surface area contributed by atoms with Crippen molar-refractivity contribution in [2.45, 2.75) is 0 Å². The van der Waals surface area contributed by atoms with Gasteiger partial charge in [0.05, 0.1) is 11.2 Å². The quantitative estimate of drug-likeness (QED) is 0.618. The van der Waals surface area contributed by atoms with Gasteiger partial charge >= 0.3 is 0 Å². The number of hydrogen-bond acceptors (Lipinski definition) is 2. The van der Waals surface area contributed by atoms with Crippen LogP contribution in [0.5, 0.6) is 0 Å². The maximum Gasteiger partial charge on any atom is 0.182 e. The standard InChI is InChI=1S/C8H6N2O2/c11-5-6-3-7-4-8(12)1-2-10(7)9-6/h1-5,9H. The van der Waals surface area contributed by atoms with Gasteiger partial charge in [0.1, 0.15) is 0 Å². The number of fused-ring (bicyclic) bond motifs is 1. The first-order chi connectivity index (χ1) is 5.79. The van der Waals surface area contributed by atoms with E-state index in [1.807, 2.05) is 0 Å². The van der Waals surface area contributed by atoms with Crippen molar-refractivity contribution in [2.75, 3.05) is 0 Å². The van der Waals surface area contributed by atoms with E-state index in [-0.39, 0.29) is 5.43 Å². The number of carbonyl (C=O) groups excluding carboxylic acids is 1. The molecule has 0 radical (unpaired) electrons. The molecule has 0 bridgehead atoms. The molecule has 0 saturated heterocycles. The summed E-state index contributed by atoms with van der Waals surface area (Å²) in [5.41, 5.74) is 1.09. The van der Waals surface area contributed by atoms with Gasteiger partial charge in [-0.3, -0.25) is 19.2 Å². The van der Waals surface area contributed by atoms with Crippen molar-refractivity contribution >= 4 is 11.8 Å². The smallest absolute Gasteiger partial charge is 0.182 e. The molecule has 4 nitrogen and oxygen atoms in total. The fourth-order valence-electron chi connectivity index (χ4n) is 1.10. The number of rotatable bonds is 1. The minimum Gasteiger partial charge on any atom is -0.296 e. The van der Waals surface area contributed by atoms with E-state index in [0.29, 0.717) is 17.5 Å². The molecule has 0 spiro atoms. The van der Waals surface area contributed by atoms with E-state index in [4.69, 9.17) is 0 Å². The minimum atomic E-state index is -0.0635. The van der Waals surface area contributed by atoms with E-state index in [2.05, 4.69) is 5.10 Å². The van der Waals surface area contributed by atoms with Crippen LogP contribution in [-0.2, 0) is 0 Å². The van der Waals surface area contributed by atoms with Crippen LogP contribution in [0.25, 0.3) is 5.52 Å². The number of pyridine rings is 1. The van der Waals surface area contributed by atoms with Crippen LogP contribution in [0.4, 0.5) is 0 Å².